The minimum atomic E-state index is -0.963. The molecule has 1 aromatic carbocycles. The van der Waals surface area contributed by atoms with Crippen LogP contribution in [-0.4, -0.2) is 6.61 Å². The van der Waals surface area contributed by atoms with Crippen molar-refractivity contribution >= 4 is 0 Å². The summed E-state index contributed by atoms with van der Waals surface area (Å²) in [5.74, 6) is -1.96. The Labute approximate surface area is 78.7 Å². The molecule has 0 saturated carbocycles. The molecule has 0 aromatic heterocycles. The molecule has 72 valence electrons. The quantitative estimate of drug-likeness (QED) is 0.678. The Bertz CT molecular complexity index is 439. The van der Waals surface area contributed by atoms with Gasteiger partial charge in [-0.15, -0.1) is 0 Å². The third-order valence-corrected chi connectivity index (χ3v) is 2.12. The molecule has 0 fully saturated rings. The predicted molar refractivity (Wildman–Crippen MR) is 43.5 cm³/mol. The van der Waals surface area contributed by atoms with E-state index in [0.717, 1.165) is 6.07 Å². The highest BCUT2D eigenvalue weighted by Gasteiger charge is 2.28. The largest absolute Gasteiger partial charge is 0.488 e. The molecule has 14 heavy (non-hydrogen) atoms. The first kappa shape index (κ1) is 8.91. The third kappa shape index (κ3) is 1.05. The van der Waals surface area contributed by atoms with Crippen molar-refractivity contribution in [1.29, 1.82) is 5.26 Å². The van der Waals surface area contributed by atoms with Crippen molar-refractivity contribution in [3.63, 3.8) is 0 Å². The molecule has 1 heterocycles. The third-order valence-electron chi connectivity index (χ3n) is 2.12. The molecule has 0 radical (unpaired) electrons. The smallest absolute Gasteiger partial charge is 0.186 e. The van der Waals surface area contributed by atoms with Crippen molar-refractivity contribution in [2.24, 2.45) is 5.73 Å². The second-order valence-electron chi connectivity index (χ2n) is 3.00. The zero-order chi connectivity index (χ0) is 10.3. The Balaban J connectivity index is 2.70. The van der Waals surface area contributed by atoms with Crippen LogP contribution in [0.4, 0.5) is 8.78 Å². The van der Waals surface area contributed by atoms with Gasteiger partial charge in [0.15, 0.2) is 11.6 Å². The summed E-state index contributed by atoms with van der Waals surface area (Å²) in [5, 5.41) is 8.48. The molecule has 5 heteroatoms. The van der Waals surface area contributed by atoms with Crippen molar-refractivity contribution in [1.82, 2.24) is 0 Å². The van der Waals surface area contributed by atoms with Gasteiger partial charge in [0, 0.05) is 5.56 Å². The van der Waals surface area contributed by atoms with E-state index in [1.165, 1.54) is 6.07 Å². The fourth-order valence-electron chi connectivity index (χ4n) is 1.41. The molecule has 1 aromatic rings. The number of nitrogens with two attached hydrogens (primary N) is 1. The molecule has 0 bridgehead atoms. The van der Waals surface area contributed by atoms with Gasteiger partial charge >= 0.3 is 0 Å². The van der Waals surface area contributed by atoms with Gasteiger partial charge in [0.25, 0.3) is 0 Å². The molecule has 2 rings (SSSR count). The first-order chi connectivity index (χ1) is 6.65. The molecule has 0 spiro atoms. The van der Waals surface area contributed by atoms with Gasteiger partial charge in [-0.25, -0.2) is 8.78 Å². The Morgan fingerprint density at radius 3 is 2.93 bits per heavy atom. The maximum atomic E-state index is 13.4. The number of ether oxygens (including phenoxy) is 1. The first-order valence-electron chi connectivity index (χ1n) is 3.95. The lowest BCUT2D eigenvalue weighted by molar-refractivity contribution is 0.318. The van der Waals surface area contributed by atoms with Crippen LogP contribution in [0, 0.1) is 23.0 Å². The highest BCUT2D eigenvalue weighted by atomic mass is 19.1. The Kier molecular flexibility index (Phi) is 1.86. The van der Waals surface area contributed by atoms with E-state index in [9.17, 15) is 8.78 Å². The van der Waals surface area contributed by atoms with E-state index in [-0.39, 0.29) is 17.9 Å². The van der Waals surface area contributed by atoms with Gasteiger partial charge < -0.3 is 10.5 Å². The average molecular weight is 196 g/mol. The number of benzene rings is 1. The number of hydrogen-bond acceptors (Lipinski definition) is 3. The van der Waals surface area contributed by atoms with Crippen molar-refractivity contribution in [3.05, 3.63) is 28.8 Å². The SMILES string of the molecule is N#Cc1c(F)cc2c(c1F)OCC2N. The normalized spacial score (nSPS) is 18.6. The highest BCUT2D eigenvalue weighted by molar-refractivity contribution is 5.48. The monoisotopic (exact) mass is 196 g/mol. The molecule has 2 N–H and O–H groups in total. The number of halogens is 2. The lowest BCUT2D eigenvalue weighted by Gasteiger charge is -2.03. The number of hydrogen-bond donors (Lipinski definition) is 1. The second-order valence-corrected chi connectivity index (χ2v) is 3.00. The van der Waals surface area contributed by atoms with Crippen LogP contribution in [0.2, 0.25) is 0 Å². The Hall–Kier alpha value is -1.67. The average Bonchev–Trinajstić information content (AvgIpc) is 2.49. The van der Waals surface area contributed by atoms with Crippen LogP contribution in [0.1, 0.15) is 17.2 Å². The molecular weight excluding hydrogens is 190 g/mol. The summed E-state index contributed by atoms with van der Waals surface area (Å²) in [6.45, 7) is 0.112. The van der Waals surface area contributed by atoms with Crippen LogP contribution in [0.5, 0.6) is 5.75 Å². The zero-order valence-electron chi connectivity index (χ0n) is 7.05. The second kappa shape index (κ2) is 2.93. The Morgan fingerprint density at radius 2 is 2.29 bits per heavy atom. The van der Waals surface area contributed by atoms with E-state index in [2.05, 4.69) is 0 Å². The van der Waals surface area contributed by atoms with Crippen LogP contribution in [0.3, 0.4) is 0 Å². The lowest BCUT2D eigenvalue weighted by atomic mass is 10.1. The number of nitriles is 1. The van der Waals surface area contributed by atoms with Crippen LogP contribution in [0.25, 0.3) is 0 Å². The van der Waals surface area contributed by atoms with Gasteiger partial charge in [-0.2, -0.15) is 5.26 Å². The summed E-state index contributed by atoms with van der Waals surface area (Å²) >= 11 is 0. The van der Waals surface area contributed by atoms with E-state index < -0.39 is 23.2 Å². The zero-order valence-corrected chi connectivity index (χ0v) is 7.05. The molecule has 0 aliphatic carbocycles. The summed E-state index contributed by atoms with van der Waals surface area (Å²) < 4.78 is 31.4. The van der Waals surface area contributed by atoms with Crippen LogP contribution >= 0.6 is 0 Å². The molecule has 1 unspecified atom stereocenters. The molecule has 1 atom stereocenters. The number of nitrogens with zero attached hydrogens (tertiary/aromatic N) is 1. The maximum Gasteiger partial charge on any atom is 0.186 e. The fraction of sp³-hybridized carbons (Fsp3) is 0.222. The number of rotatable bonds is 0. The number of fused-ring (bicyclic) bond motifs is 1. The van der Waals surface area contributed by atoms with Crippen molar-refractivity contribution in [3.8, 4) is 11.8 Å². The van der Waals surface area contributed by atoms with Crippen molar-refractivity contribution in [2.75, 3.05) is 6.61 Å². The fourth-order valence-corrected chi connectivity index (χ4v) is 1.41. The highest BCUT2D eigenvalue weighted by Crippen LogP contribution is 2.36. The van der Waals surface area contributed by atoms with Gasteiger partial charge in [0.1, 0.15) is 24.1 Å². The van der Waals surface area contributed by atoms with Crippen molar-refractivity contribution < 1.29 is 13.5 Å². The Morgan fingerprint density at radius 1 is 1.57 bits per heavy atom. The standard InChI is InChI=1S/C9H6F2N2O/c10-6-1-4-7(13)3-14-9(4)8(11)5(6)2-12/h1,7H,3,13H2. The van der Waals surface area contributed by atoms with Crippen LogP contribution in [0.15, 0.2) is 6.07 Å². The van der Waals surface area contributed by atoms with Gasteiger partial charge in [0.2, 0.25) is 0 Å². The van der Waals surface area contributed by atoms with E-state index in [4.69, 9.17) is 15.7 Å². The molecule has 1 aliphatic heterocycles. The molecule has 1 aliphatic rings. The lowest BCUT2D eigenvalue weighted by Crippen LogP contribution is -2.10. The minimum Gasteiger partial charge on any atom is -0.488 e. The van der Waals surface area contributed by atoms with E-state index >= 15 is 0 Å². The van der Waals surface area contributed by atoms with Gasteiger partial charge in [-0.05, 0) is 6.07 Å². The van der Waals surface area contributed by atoms with Gasteiger partial charge in [0.05, 0.1) is 6.04 Å². The summed E-state index contributed by atoms with van der Waals surface area (Å²) in [6, 6.07) is 1.96. The predicted octanol–water partition coefficient (Wildman–Crippen LogP) is 1.23. The molecule has 3 nitrogen and oxygen atoms in total. The molecular formula is C9H6F2N2O. The summed E-state index contributed by atoms with van der Waals surface area (Å²) in [4.78, 5) is 0. The van der Waals surface area contributed by atoms with E-state index in [1.54, 1.807) is 0 Å². The van der Waals surface area contributed by atoms with Crippen LogP contribution < -0.4 is 10.5 Å². The topological polar surface area (TPSA) is 59.0 Å². The van der Waals surface area contributed by atoms with Crippen molar-refractivity contribution in [2.45, 2.75) is 6.04 Å². The van der Waals surface area contributed by atoms with E-state index in [0.29, 0.717) is 0 Å². The molecule has 0 amide bonds. The van der Waals surface area contributed by atoms with Crippen LogP contribution in [-0.2, 0) is 0 Å². The maximum absolute atomic E-state index is 13.4. The summed E-state index contributed by atoms with van der Waals surface area (Å²) in [5.41, 5.74) is 5.18. The summed E-state index contributed by atoms with van der Waals surface area (Å²) in [7, 11) is 0. The van der Waals surface area contributed by atoms with E-state index in [1.807, 2.05) is 0 Å². The summed E-state index contributed by atoms with van der Waals surface area (Å²) in [6.07, 6.45) is 0. The minimum absolute atomic E-state index is 0.101. The van der Waals surface area contributed by atoms with Gasteiger partial charge in [-0.3, -0.25) is 0 Å². The first-order valence-corrected chi connectivity index (χ1v) is 3.95. The molecule has 0 saturated heterocycles. The van der Waals surface area contributed by atoms with Gasteiger partial charge in [-0.1, -0.05) is 0 Å².